The van der Waals surface area contributed by atoms with E-state index in [1.165, 1.54) is 25.7 Å². The van der Waals surface area contributed by atoms with Crippen molar-refractivity contribution in [3.05, 3.63) is 0 Å². The van der Waals surface area contributed by atoms with Gasteiger partial charge in [-0.05, 0) is 39.4 Å². The van der Waals surface area contributed by atoms with Gasteiger partial charge in [0.15, 0.2) is 0 Å². The Hall–Kier alpha value is -0.160. The normalized spacial score (nSPS) is 24.6. The van der Waals surface area contributed by atoms with Crippen molar-refractivity contribution in [1.29, 1.82) is 0 Å². The minimum absolute atomic E-state index is 0.347. The number of hydrogen-bond donors (Lipinski definition) is 2. The van der Waals surface area contributed by atoms with Gasteiger partial charge in [-0.2, -0.15) is 0 Å². The third-order valence-corrected chi connectivity index (χ3v) is 3.28. The highest BCUT2D eigenvalue weighted by Gasteiger charge is 2.23. The minimum Gasteiger partial charge on any atom is -0.389 e. The van der Waals surface area contributed by atoms with Crippen LogP contribution in [0.1, 0.15) is 25.7 Å². The Morgan fingerprint density at radius 2 is 2.31 bits per heavy atom. The van der Waals surface area contributed by atoms with Gasteiger partial charge in [-0.15, -0.1) is 0 Å². The molecule has 2 unspecified atom stereocenters. The lowest BCUT2D eigenvalue weighted by Gasteiger charge is -2.36. The Labute approximate surface area is 99.0 Å². The van der Waals surface area contributed by atoms with Crippen LogP contribution in [0.4, 0.5) is 0 Å². The van der Waals surface area contributed by atoms with E-state index >= 15 is 0 Å². The predicted molar refractivity (Wildman–Crippen MR) is 65.6 cm³/mol. The Morgan fingerprint density at radius 3 is 3.00 bits per heavy atom. The molecule has 1 heterocycles. The Kier molecular flexibility index (Phi) is 6.96. The summed E-state index contributed by atoms with van der Waals surface area (Å²) in [4.78, 5) is 2.42. The molecule has 0 aliphatic carbocycles. The zero-order valence-electron chi connectivity index (χ0n) is 10.6. The second-order valence-corrected chi connectivity index (χ2v) is 4.65. The number of nitrogens with zero attached hydrogens (tertiary/aromatic N) is 1. The van der Waals surface area contributed by atoms with Gasteiger partial charge in [0.2, 0.25) is 0 Å². The molecule has 0 aromatic heterocycles. The van der Waals surface area contributed by atoms with Gasteiger partial charge in [-0.1, -0.05) is 6.42 Å². The van der Waals surface area contributed by atoms with Crippen LogP contribution < -0.4 is 5.32 Å². The van der Waals surface area contributed by atoms with Gasteiger partial charge in [0.25, 0.3) is 0 Å². The quantitative estimate of drug-likeness (QED) is 0.667. The number of nitrogens with one attached hydrogen (secondary N) is 1. The van der Waals surface area contributed by atoms with E-state index in [2.05, 4.69) is 10.2 Å². The van der Waals surface area contributed by atoms with Crippen LogP contribution in [0.3, 0.4) is 0 Å². The highest BCUT2D eigenvalue weighted by atomic mass is 16.5. The second kappa shape index (κ2) is 8.01. The number of aliphatic hydroxyl groups excluding tert-OH is 1. The molecule has 4 nitrogen and oxygen atoms in total. The van der Waals surface area contributed by atoms with Crippen LogP contribution in [0, 0.1) is 0 Å². The van der Waals surface area contributed by atoms with Crippen LogP contribution >= 0.6 is 0 Å². The van der Waals surface area contributed by atoms with Gasteiger partial charge in [0, 0.05) is 19.7 Å². The molecule has 1 rings (SSSR count). The minimum atomic E-state index is -0.347. The van der Waals surface area contributed by atoms with Crippen LogP contribution in [-0.2, 0) is 4.74 Å². The molecule has 96 valence electrons. The predicted octanol–water partition coefficient (Wildman–Crippen LogP) is 0.458. The van der Waals surface area contributed by atoms with E-state index in [-0.39, 0.29) is 6.10 Å². The van der Waals surface area contributed by atoms with Crippen LogP contribution in [-0.4, -0.2) is 62.6 Å². The molecule has 0 amide bonds. The van der Waals surface area contributed by atoms with Crippen molar-refractivity contribution in [3.63, 3.8) is 0 Å². The summed E-state index contributed by atoms with van der Waals surface area (Å²) in [6, 6.07) is 0.632. The molecule has 0 spiro atoms. The van der Waals surface area contributed by atoms with Crippen molar-refractivity contribution in [1.82, 2.24) is 10.2 Å². The number of hydrogen-bond acceptors (Lipinski definition) is 4. The van der Waals surface area contributed by atoms with E-state index in [4.69, 9.17) is 4.74 Å². The van der Waals surface area contributed by atoms with E-state index < -0.39 is 0 Å². The van der Waals surface area contributed by atoms with Crippen LogP contribution in [0.2, 0.25) is 0 Å². The fourth-order valence-corrected chi connectivity index (χ4v) is 2.45. The summed E-state index contributed by atoms with van der Waals surface area (Å²) in [6.45, 7) is 3.37. The third-order valence-electron chi connectivity index (χ3n) is 3.28. The van der Waals surface area contributed by atoms with Gasteiger partial charge < -0.3 is 15.2 Å². The lowest BCUT2D eigenvalue weighted by atomic mass is 9.99. The summed E-state index contributed by atoms with van der Waals surface area (Å²) in [7, 11) is 3.63. The van der Waals surface area contributed by atoms with Crippen molar-refractivity contribution in [2.75, 3.05) is 40.4 Å². The largest absolute Gasteiger partial charge is 0.389 e. The average molecular weight is 230 g/mol. The average Bonchev–Trinajstić information content (AvgIpc) is 2.28. The molecular formula is C12H26N2O2. The maximum absolute atomic E-state index is 9.76. The highest BCUT2D eigenvalue weighted by Crippen LogP contribution is 2.19. The highest BCUT2D eigenvalue weighted by molar-refractivity contribution is 4.79. The molecule has 0 aromatic carbocycles. The molecule has 4 heteroatoms. The van der Waals surface area contributed by atoms with Gasteiger partial charge in [-0.25, -0.2) is 0 Å². The van der Waals surface area contributed by atoms with E-state index in [1.54, 1.807) is 7.11 Å². The molecule has 2 N–H and O–H groups in total. The first kappa shape index (κ1) is 13.9. The SMILES string of the molecule is CNCCC1CCCCN1CC(O)COC. The molecule has 0 bridgehead atoms. The van der Waals surface area contributed by atoms with Gasteiger partial charge >= 0.3 is 0 Å². The standard InChI is InChI=1S/C12H26N2O2/c1-13-7-6-11-5-3-4-8-14(11)9-12(15)10-16-2/h11-13,15H,3-10H2,1-2H3. The maximum atomic E-state index is 9.76. The summed E-state index contributed by atoms with van der Waals surface area (Å²) in [5, 5.41) is 13.0. The molecule has 1 aliphatic rings. The summed E-state index contributed by atoms with van der Waals surface area (Å²) >= 11 is 0. The number of aliphatic hydroxyl groups is 1. The van der Waals surface area contributed by atoms with Crippen LogP contribution in [0.5, 0.6) is 0 Å². The second-order valence-electron chi connectivity index (χ2n) is 4.65. The molecule has 0 saturated carbocycles. The molecule has 1 fully saturated rings. The number of β-amino-alcohol motifs (C(OH)–C–C–N with tert-alkyl or cyclic N) is 1. The number of methoxy groups -OCH3 is 1. The summed E-state index contributed by atoms with van der Waals surface area (Å²) in [5.74, 6) is 0. The molecule has 0 aromatic rings. The fraction of sp³-hybridized carbons (Fsp3) is 1.00. The third kappa shape index (κ3) is 4.78. The van der Waals surface area contributed by atoms with Gasteiger partial charge in [-0.3, -0.25) is 4.90 Å². The first-order valence-corrected chi connectivity index (χ1v) is 6.33. The van der Waals surface area contributed by atoms with Gasteiger partial charge in [0.05, 0.1) is 12.7 Å². The lowest BCUT2D eigenvalue weighted by molar-refractivity contribution is 0.0168. The lowest BCUT2D eigenvalue weighted by Crippen LogP contribution is -2.45. The van der Waals surface area contributed by atoms with Crippen molar-refractivity contribution in [3.8, 4) is 0 Å². The molecule has 16 heavy (non-hydrogen) atoms. The molecule has 1 aliphatic heterocycles. The Morgan fingerprint density at radius 1 is 1.50 bits per heavy atom. The van der Waals surface area contributed by atoms with E-state index in [9.17, 15) is 5.11 Å². The van der Waals surface area contributed by atoms with Crippen LogP contribution in [0.15, 0.2) is 0 Å². The number of piperidine rings is 1. The number of ether oxygens (including phenoxy) is 1. The zero-order valence-corrected chi connectivity index (χ0v) is 10.6. The van der Waals surface area contributed by atoms with Crippen molar-refractivity contribution >= 4 is 0 Å². The maximum Gasteiger partial charge on any atom is 0.0900 e. The summed E-state index contributed by atoms with van der Waals surface area (Å²) in [6.07, 6.45) is 4.68. The first-order chi connectivity index (χ1) is 7.77. The molecule has 1 saturated heterocycles. The first-order valence-electron chi connectivity index (χ1n) is 6.33. The monoisotopic (exact) mass is 230 g/mol. The van der Waals surface area contributed by atoms with Crippen molar-refractivity contribution in [2.24, 2.45) is 0 Å². The summed E-state index contributed by atoms with van der Waals surface area (Å²) in [5.41, 5.74) is 0. The van der Waals surface area contributed by atoms with E-state index in [0.717, 1.165) is 19.6 Å². The Bertz CT molecular complexity index is 178. The molecular weight excluding hydrogens is 204 g/mol. The van der Waals surface area contributed by atoms with E-state index in [0.29, 0.717) is 12.6 Å². The number of rotatable bonds is 7. The molecule has 0 radical (unpaired) electrons. The van der Waals surface area contributed by atoms with Gasteiger partial charge in [0.1, 0.15) is 0 Å². The van der Waals surface area contributed by atoms with Crippen LogP contribution in [0.25, 0.3) is 0 Å². The van der Waals surface area contributed by atoms with E-state index in [1.807, 2.05) is 7.05 Å². The van der Waals surface area contributed by atoms with Crippen molar-refractivity contribution in [2.45, 2.75) is 37.8 Å². The van der Waals surface area contributed by atoms with Crippen molar-refractivity contribution < 1.29 is 9.84 Å². The Balaban J connectivity index is 2.33. The fourth-order valence-electron chi connectivity index (χ4n) is 2.45. The summed E-state index contributed by atoms with van der Waals surface area (Å²) < 4.78 is 4.97. The molecule has 2 atom stereocenters. The topological polar surface area (TPSA) is 44.7 Å². The number of likely N-dealkylation sites (tertiary alicyclic amines) is 1. The zero-order chi connectivity index (χ0) is 11.8. The smallest absolute Gasteiger partial charge is 0.0900 e.